The topological polar surface area (TPSA) is 58.6 Å². The van der Waals surface area contributed by atoms with E-state index in [0.29, 0.717) is 6.61 Å². The van der Waals surface area contributed by atoms with E-state index in [4.69, 9.17) is 4.74 Å². The number of sulfonamides is 1. The third-order valence-electron chi connectivity index (χ3n) is 3.12. The fraction of sp³-hybridized carbons (Fsp3) is 1.00. The van der Waals surface area contributed by atoms with Crippen molar-refractivity contribution in [3.63, 3.8) is 0 Å². The van der Waals surface area contributed by atoms with Crippen molar-refractivity contribution in [3.8, 4) is 0 Å². The van der Waals surface area contributed by atoms with E-state index in [1.165, 1.54) is 6.26 Å². The summed E-state index contributed by atoms with van der Waals surface area (Å²) in [4.78, 5) is 2.34. The Bertz CT molecular complexity index is 335. The molecular formula is C9H18N2O3S. The SMILES string of the molecule is CCN1CC2(COC(NS(C)(=O)=O)C2)C1. The number of hydrogen-bond acceptors (Lipinski definition) is 4. The van der Waals surface area contributed by atoms with Gasteiger partial charge in [0.25, 0.3) is 0 Å². The van der Waals surface area contributed by atoms with Crippen LogP contribution in [-0.4, -0.2) is 52.0 Å². The third-order valence-corrected chi connectivity index (χ3v) is 3.81. The fourth-order valence-electron chi connectivity index (χ4n) is 2.45. The molecule has 2 aliphatic heterocycles. The normalized spacial score (nSPS) is 30.7. The van der Waals surface area contributed by atoms with Gasteiger partial charge in [0, 0.05) is 18.5 Å². The maximum Gasteiger partial charge on any atom is 0.210 e. The van der Waals surface area contributed by atoms with E-state index < -0.39 is 10.0 Å². The van der Waals surface area contributed by atoms with Gasteiger partial charge < -0.3 is 9.64 Å². The van der Waals surface area contributed by atoms with Crippen LogP contribution in [0.5, 0.6) is 0 Å². The Hall–Kier alpha value is -0.170. The highest BCUT2D eigenvalue weighted by Crippen LogP contribution is 2.40. The molecule has 2 saturated heterocycles. The molecule has 0 aliphatic carbocycles. The summed E-state index contributed by atoms with van der Waals surface area (Å²) in [6, 6.07) is 0. The summed E-state index contributed by atoms with van der Waals surface area (Å²) in [6.07, 6.45) is 1.65. The highest BCUT2D eigenvalue weighted by molar-refractivity contribution is 7.88. The van der Waals surface area contributed by atoms with Crippen LogP contribution in [0.15, 0.2) is 0 Å². The quantitative estimate of drug-likeness (QED) is 0.722. The standard InChI is InChI=1S/C9H18N2O3S/c1-3-11-5-9(6-11)4-8(14-7-9)10-15(2,12)13/h8,10H,3-7H2,1-2H3. The molecule has 1 unspecified atom stereocenters. The molecule has 1 N–H and O–H groups in total. The monoisotopic (exact) mass is 234 g/mol. The molecule has 0 bridgehead atoms. The summed E-state index contributed by atoms with van der Waals surface area (Å²) in [5.74, 6) is 0. The molecule has 0 aromatic heterocycles. The summed E-state index contributed by atoms with van der Waals surface area (Å²) in [6.45, 7) is 5.94. The molecule has 88 valence electrons. The van der Waals surface area contributed by atoms with Gasteiger partial charge in [-0.15, -0.1) is 0 Å². The Morgan fingerprint density at radius 3 is 2.73 bits per heavy atom. The Kier molecular flexibility index (Phi) is 2.79. The van der Waals surface area contributed by atoms with Crippen LogP contribution in [0.1, 0.15) is 13.3 Å². The number of nitrogens with zero attached hydrogens (tertiary/aromatic N) is 1. The Labute approximate surface area is 90.8 Å². The Morgan fingerprint density at radius 2 is 2.20 bits per heavy atom. The smallest absolute Gasteiger partial charge is 0.210 e. The predicted octanol–water partition coefficient (Wildman–Crippen LogP) is -0.396. The van der Waals surface area contributed by atoms with E-state index in [9.17, 15) is 8.42 Å². The van der Waals surface area contributed by atoms with Gasteiger partial charge in [0.2, 0.25) is 10.0 Å². The van der Waals surface area contributed by atoms with Crippen LogP contribution in [0.4, 0.5) is 0 Å². The van der Waals surface area contributed by atoms with E-state index in [2.05, 4.69) is 16.5 Å². The molecule has 1 atom stereocenters. The van der Waals surface area contributed by atoms with E-state index in [1.54, 1.807) is 0 Å². The highest BCUT2D eigenvalue weighted by Gasteiger charge is 2.48. The maximum atomic E-state index is 11.0. The Morgan fingerprint density at radius 1 is 1.53 bits per heavy atom. The van der Waals surface area contributed by atoms with Crippen LogP contribution in [0.25, 0.3) is 0 Å². The molecule has 15 heavy (non-hydrogen) atoms. The summed E-state index contributed by atoms with van der Waals surface area (Å²) in [5.41, 5.74) is 0.207. The van der Waals surface area contributed by atoms with Crippen molar-refractivity contribution < 1.29 is 13.2 Å². The summed E-state index contributed by atoms with van der Waals surface area (Å²) in [5, 5.41) is 0. The zero-order valence-corrected chi connectivity index (χ0v) is 10.0. The molecule has 0 aromatic carbocycles. The van der Waals surface area contributed by atoms with Crippen LogP contribution in [0.3, 0.4) is 0 Å². The van der Waals surface area contributed by atoms with Gasteiger partial charge in [-0.1, -0.05) is 6.92 Å². The van der Waals surface area contributed by atoms with E-state index in [1.807, 2.05) is 0 Å². The number of likely N-dealkylation sites (tertiary alicyclic amines) is 1. The van der Waals surface area contributed by atoms with Crippen molar-refractivity contribution in [3.05, 3.63) is 0 Å². The van der Waals surface area contributed by atoms with E-state index in [0.717, 1.165) is 26.1 Å². The molecule has 0 aromatic rings. The first-order valence-corrected chi connectivity index (χ1v) is 7.13. The second kappa shape index (κ2) is 3.69. The van der Waals surface area contributed by atoms with Gasteiger partial charge in [0.15, 0.2) is 0 Å². The molecule has 1 spiro atoms. The second-order valence-electron chi connectivity index (χ2n) is 4.70. The lowest BCUT2D eigenvalue weighted by molar-refractivity contribution is -0.00535. The van der Waals surface area contributed by atoms with Crippen molar-refractivity contribution in [1.82, 2.24) is 9.62 Å². The first-order valence-electron chi connectivity index (χ1n) is 5.24. The van der Waals surface area contributed by atoms with Crippen molar-refractivity contribution in [2.24, 2.45) is 5.41 Å². The molecule has 2 aliphatic rings. The van der Waals surface area contributed by atoms with Gasteiger partial charge in [-0.05, 0) is 13.0 Å². The highest BCUT2D eigenvalue weighted by atomic mass is 32.2. The molecule has 0 radical (unpaired) electrons. The fourth-order valence-corrected chi connectivity index (χ4v) is 3.08. The molecule has 2 heterocycles. The molecule has 0 amide bonds. The van der Waals surface area contributed by atoms with Crippen LogP contribution < -0.4 is 4.72 Å². The van der Waals surface area contributed by atoms with E-state index in [-0.39, 0.29) is 11.6 Å². The number of rotatable bonds is 3. The number of nitrogens with one attached hydrogen (secondary N) is 1. The average Bonchev–Trinajstić information content (AvgIpc) is 2.42. The predicted molar refractivity (Wildman–Crippen MR) is 56.9 cm³/mol. The maximum absolute atomic E-state index is 11.0. The minimum Gasteiger partial charge on any atom is -0.362 e. The van der Waals surface area contributed by atoms with Gasteiger partial charge in [-0.25, -0.2) is 8.42 Å². The lowest BCUT2D eigenvalue weighted by atomic mass is 9.79. The summed E-state index contributed by atoms with van der Waals surface area (Å²) in [7, 11) is -3.15. The lowest BCUT2D eigenvalue weighted by Gasteiger charge is -2.46. The zero-order valence-electron chi connectivity index (χ0n) is 9.19. The summed E-state index contributed by atoms with van der Waals surface area (Å²) >= 11 is 0. The van der Waals surface area contributed by atoms with Crippen molar-refractivity contribution in [1.29, 1.82) is 0 Å². The summed E-state index contributed by atoms with van der Waals surface area (Å²) < 4.78 is 30.0. The molecule has 2 fully saturated rings. The van der Waals surface area contributed by atoms with Crippen molar-refractivity contribution >= 4 is 10.0 Å². The zero-order chi connectivity index (χ0) is 11.1. The molecule has 5 nitrogen and oxygen atoms in total. The Balaban J connectivity index is 1.86. The van der Waals surface area contributed by atoms with Gasteiger partial charge in [-0.2, -0.15) is 4.72 Å². The lowest BCUT2D eigenvalue weighted by Crippen LogP contribution is -2.56. The van der Waals surface area contributed by atoms with E-state index >= 15 is 0 Å². The van der Waals surface area contributed by atoms with Crippen LogP contribution in [-0.2, 0) is 14.8 Å². The third kappa shape index (κ3) is 2.50. The first-order chi connectivity index (χ1) is 6.92. The van der Waals surface area contributed by atoms with Crippen LogP contribution in [0.2, 0.25) is 0 Å². The van der Waals surface area contributed by atoms with Crippen LogP contribution in [0, 0.1) is 5.41 Å². The van der Waals surface area contributed by atoms with Gasteiger partial charge in [0.1, 0.15) is 6.23 Å². The average molecular weight is 234 g/mol. The first kappa shape index (κ1) is 11.3. The minimum absolute atomic E-state index is 0.207. The van der Waals surface area contributed by atoms with Crippen molar-refractivity contribution in [2.75, 3.05) is 32.5 Å². The van der Waals surface area contributed by atoms with Crippen LogP contribution >= 0.6 is 0 Å². The van der Waals surface area contributed by atoms with Gasteiger partial charge in [-0.3, -0.25) is 0 Å². The molecule has 2 rings (SSSR count). The largest absolute Gasteiger partial charge is 0.362 e. The minimum atomic E-state index is -3.15. The second-order valence-corrected chi connectivity index (χ2v) is 6.48. The number of hydrogen-bond donors (Lipinski definition) is 1. The molecule has 0 saturated carbocycles. The van der Waals surface area contributed by atoms with Crippen molar-refractivity contribution in [2.45, 2.75) is 19.6 Å². The van der Waals surface area contributed by atoms with Gasteiger partial charge in [0.05, 0.1) is 12.9 Å². The van der Waals surface area contributed by atoms with Gasteiger partial charge >= 0.3 is 0 Å². The molecular weight excluding hydrogens is 216 g/mol. The molecule has 6 heteroatoms. The number of ether oxygens (including phenoxy) is 1.